The summed E-state index contributed by atoms with van der Waals surface area (Å²) in [6.07, 6.45) is 3.69. The first-order chi connectivity index (χ1) is 10.3. The summed E-state index contributed by atoms with van der Waals surface area (Å²) in [4.78, 5) is 24.4. The Morgan fingerprint density at radius 2 is 2.19 bits per heavy atom. The fraction of sp³-hybridized carbons (Fsp3) is 0.500. The van der Waals surface area contributed by atoms with Crippen molar-refractivity contribution in [2.24, 2.45) is 0 Å². The lowest BCUT2D eigenvalue weighted by molar-refractivity contribution is -0.116. The van der Waals surface area contributed by atoms with Gasteiger partial charge in [-0.2, -0.15) is 10.1 Å². The minimum Gasteiger partial charge on any atom is -0.339 e. The number of piperazine rings is 1. The second-order valence-corrected chi connectivity index (χ2v) is 5.67. The number of anilines is 2. The van der Waals surface area contributed by atoms with Gasteiger partial charge in [-0.3, -0.25) is 9.69 Å². The van der Waals surface area contributed by atoms with Gasteiger partial charge in [-0.25, -0.2) is 10.1 Å². The van der Waals surface area contributed by atoms with Gasteiger partial charge in [-0.15, -0.1) is 11.3 Å². The quantitative estimate of drug-likeness (QED) is 0.831. The molecule has 0 bridgehead atoms. The van der Waals surface area contributed by atoms with E-state index in [0.29, 0.717) is 11.6 Å². The Hall–Kier alpha value is -2.00. The third-order valence-electron chi connectivity index (χ3n) is 3.41. The molecule has 21 heavy (non-hydrogen) atoms. The number of aromatic amines is 1. The van der Waals surface area contributed by atoms with Crippen LogP contribution >= 0.6 is 11.3 Å². The molecule has 9 heteroatoms. The van der Waals surface area contributed by atoms with Crippen molar-refractivity contribution < 1.29 is 4.79 Å². The first-order valence-electron chi connectivity index (χ1n) is 6.83. The van der Waals surface area contributed by atoms with Gasteiger partial charge in [-0.1, -0.05) is 0 Å². The SMILES string of the molecule is O=C(CCN1CCN(c2ncn[nH]2)CC1)Nc1nccs1. The van der Waals surface area contributed by atoms with Crippen molar-refractivity contribution in [3.05, 3.63) is 17.9 Å². The lowest BCUT2D eigenvalue weighted by Gasteiger charge is -2.34. The number of hydrogen-bond acceptors (Lipinski definition) is 7. The molecule has 0 radical (unpaired) electrons. The van der Waals surface area contributed by atoms with E-state index in [2.05, 4.69) is 35.3 Å². The highest BCUT2D eigenvalue weighted by atomic mass is 32.1. The van der Waals surface area contributed by atoms with Crippen LogP contribution in [-0.2, 0) is 4.79 Å². The van der Waals surface area contributed by atoms with Gasteiger partial charge < -0.3 is 10.2 Å². The maximum Gasteiger partial charge on any atom is 0.227 e. The molecular formula is C12H17N7OS. The Morgan fingerprint density at radius 1 is 1.33 bits per heavy atom. The van der Waals surface area contributed by atoms with Crippen molar-refractivity contribution in [3.8, 4) is 0 Å². The number of rotatable bonds is 5. The van der Waals surface area contributed by atoms with E-state index in [1.807, 2.05) is 5.38 Å². The standard InChI is InChI=1S/C12H17N7OS/c20-10(16-12-13-2-8-21-12)1-3-18-4-6-19(7-5-18)11-14-9-15-17-11/h2,8-9H,1,3-7H2,(H,13,16,20)(H,14,15,17). The molecule has 1 aliphatic rings. The number of hydrogen-bond donors (Lipinski definition) is 2. The molecule has 2 aromatic rings. The molecule has 2 aromatic heterocycles. The van der Waals surface area contributed by atoms with Crippen molar-refractivity contribution in [3.63, 3.8) is 0 Å². The number of thiazole rings is 1. The molecule has 1 amide bonds. The molecule has 1 fully saturated rings. The zero-order valence-corrected chi connectivity index (χ0v) is 12.3. The molecule has 0 unspecified atom stereocenters. The summed E-state index contributed by atoms with van der Waals surface area (Å²) in [6.45, 7) is 4.39. The second kappa shape index (κ2) is 6.64. The molecule has 0 saturated carbocycles. The van der Waals surface area contributed by atoms with Gasteiger partial charge in [0.2, 0.25) is 11.9 Å². The van der Waals surface area contributed by atoms with E-state index in [-0.39, 0.29) is 5.91 Å². The van der Waals surface area contributed by atoms with Gasteiger partial charge in [-0.05, 0) is 0 Å². The summed E-state index contributed by atoms with van der Waals surface area (Å²) < 4.78 is 0. The van der Waals surface area contributed by atoms with E-state index < -0.39 is 0 Å². The van der Waals surface area contributed by atoms with Crippen LogP contribution < -0.4 is 10.2 Å². The Labute approximate surface area is 126 Å². The number of aromatic nitrogens is 4. The number of carbonyl (C=O) groups is 1. The molecule has 3 rings (SSSR count). The van der Waals surface area contributed by atoms with E-state index in [0.717, 1.165) is 38.7 Å². The van der Waals surface area contributed by atoms with Gasteiger partial charge >= 0.3 is 0 Å². The normalized spacial score (nSPS) is 16.1. The monoisotopic (exact) mass is 307 g/mol. The first-order valence-corrected chi connectivity index (χ1v) is 7.71. The Bertz CT molecular complexity index is 548. The molecule has 8 nitrogen and oxygen atoms in total. The summed E-state index contributed by atoms with van der Waals surface area (Å²) in [7, 11) is 0. The second-order valence-electron chi connectivity index (χ2n) is 4.77. The predicted octanol–water partition coefficient (Wildman–Crippen LogP) is 0.412. The Morgan fingerprint density at radius 3 is 2.86 bits per heavy atom. The van der Waals surface area contributed by atoms with Crippen LogP contribution in [0.1, 0.15) is 6.42 Å². The molecule has 0 spiro atoms. The molecule has 0 aliphatic carbocycles. The van der Waals surface area contributed by atoms with Crippen LogP contribution in [0.5, 0.6) is 0 Å². The average molecular weight is 307 g/mol. The van der Waals surface area contributed by atoms with Crippen LogP contribution in [0.3, 0.4) is 0 Å². The smallest absolute Gasteiger partial charge is 0.227 e. The van der Waals surface area contributed by atoms with E-state index in [1.165, 1.54) is 17.7 Å². The van der Waals surface area contributed by atoms with Gasteiger partial charge in [0.15, 0.2) is 5.13 Å². The Kier molecular flexibility index (Phi) is 4.41. The summed E-state index contributed by atoms with van der Waals surface area (Å²) in [6, 6.07) is 0. The maximum atomic E-state index is 11.8. The predicted molar refractivity (Wildman–Crippen MR) is 80.4 cm³/mol. The number of nitrogens with one attached hydrogen (secondary N) is 2. The highest BCUT2D eigenvalue weighted by molar-refractivity contribution is 7.13. The number of carbonyl (C=O) groups excluding carboxylic acids is 1. The van der Waals surface area contributed by atoms with Gasteiger partial charge in [0, 0.05) is 50.7 Å². The molecule has 1 saturated heterocycles. The minimum absolute atomic E-state index is 0.0163. The molecular weight excluding hydrogens is 290 g/mol. The van der Waals surface area contributed by atoms with Crippen LogP contribution in [0.4, 0.5) is 11.1 Å². The highest BCUT2D eigenvalue weighted by Gasteiger charge is 2.19. The largest absolute Gasteiger partial charge is 0.339 e. The topological polar surface area (TPSA) is 90.0 Å². The van der Waals surface area contributed by atoms with Crippen molar-refractivity contribution in [1.82, 2.24) is 25.1 Å². The zero-order chi connectivity index (χ0) is 14.5. The minimum atomic E-state index is 0.0163. The molecule has 0 aromatic carbocycles. The number of H-pyrrole nitrogens is 1. The van der Waals surface area contributed by atoms with Crippen LogP contribution in [-0.4, -0.2) is 63.7 Å². The summed E-state index contributed by atoms with van der Waals surface area (Å²) in [5.74, 6) is 0.832. The van der Waals surface area contributed by atoms with Crippen molar-refractivity contribution >= 4 is 28.3 Å². The van der Waals surface area contributed by atoms with Crippen LogP contribution in [0.15, 0.2) is 17.9 Å². The van der Waals surface area contributed by atoms with Crippen molar-refractivity contribution in [2.45, 2.75) is 6.42 Å². The van der Waals surface area contributed by atoms with E-state index in [4.69, 9.17) is 0 Å². The molecule has 112 valence electrons. The summed E-state index contributed by atoms with van der Waals surface area (Å²) in [5.41, 5.74) is 0. The molecule has 2 N–H and O–H groups in total. The van der Waals surface area contributed by atoms with Crippen molar-refractivity contribution in [2.75, 3.05) is 42.9 Å². The van der Waals surface area contributed by atoms with Gasteiger partial charge in [0.1, 0.15) is 6.33 Å². The van der Waals surface area contributed by atoms with Crippen LogP contribution in [0, 0.1) is 0 Å². The fourth-order valence-corrected chi connectivity index (χ4v) is 2.81. The van der Waals surface area contributed by atoms with E-state index in [1.54, 1.807) is 6.20 Å². The molecule has 3 heterocycles. The fourth-order valence-electron chi connectivity index (χ4n) is 2.26. The number of nitrogens with zero attached hydrogens (tertiary/aromatic N) is 5. The summed E-state index contributed by atoms with van der Waals surface area (Å²) in [5, 5.41) is 12.0. The third kappa shape index (κ3) is 3.76. The molecule has 1 aliphatic heterocycles. The zero-order valence-electron chi connectivity index (χ0n) is 11.5. The number of amides is 1. The Balaban J connectivity index is 1.38. The highest BCUT2D eigenvalue weighted by Crippen LogP contribution is 2.12. The maximum absolute atomic E-state index is 11.8. The van der Waals surface area contributed by atoms with E-state index >= 15 is 0 Å². The van der Waals surface area contributed by atoms with Gasteiger partial charge in [0.25, 0.3) is 0 Å². The van der Waals surface area contributed by atoms with Crippen molar-refractivity contribution in [1.29, 1.82) is 0 Å². The van der Waals surface area contributed by atoms with E-state index in [9.17, 15) is 4.79 Å². The van der Waals surface area contributed by atoms with Crippen LogP contribution in [0.25, 0.3) is 0 Å². The molecule has 0 atom stereocenters. The van der Waals surface area contributed by atoms with Gasteiger partial charge in [0.05, 0.1) is 0 Å². The summed E-state index contributed by atoms with van der Waals surface area (Å²) >= 11 is 1.43. The van der Waals surface area contributed by atoms with Crippen LogP contribution in [0.2, 0.25) is 0 Å². The third-order valence-corrected chi connectivity index (χ3v) is 4.10. The lowest BCUT2D eigenvalue weighted by atomic mass is 10.3. The lowest BCUT2D eigenvalue weighted by Crippen LogP contribution is -2.47. The average Bonchev–Trinajstić information content (AvgIpc) is 3.19. The first kappa shape index (κ1) is 14.0.